The third kappa shape index (κ3) is 4.44. The van der Waals surface area contributed by atoms with Gasteiger partial charge in [-0.15, -0.1) is 0 Å². The highest BCUT2D eigenvalue weighted by Crippen LogP contribution is 2.35. The van der Waals surface area contributed by atoms with Crippen LogP contribution in [0.3, 0.4) is 0 Å². The largest absolute Gasteiger partial charge is 0.379 e. The van der Waals surface area contributed by atoms with Crippen molar-refractivity contribution in [3.8, 4) is 0 Å². The zero-order chi connectivity index (χ0) is 13.9. The molecule has 3 nitrogen and oxygen atoms in total. The molecule has 0 spiro atoms. The Labute approximate surface area is 119 Å². The van der Waals surface area contributed by atoms with Gasteiger partial charge in [-0.1, -0.05) is 13.8 Å². The van der Waals surface area contributed by atoms with Gasteiger partial charge in [-0.2, -0.15) is 0 Å². The molecule has 3 heteroatoms. The van der Waals surface area contributed by atoms with Crippen molar-refractivity contribution in [2.45, 2.75) is 65.0 Å². The highest BCUT2D eigenvalue weighted by Gasteiger charge is 2.31. The van der Waals surface area contributed by atoms with E-state index in [-0.39, 0.29) is 5.54 Å². The van der Waals surface area contributed by atoms with E-state index in [0.29, 0.717) is 5.41 Å². The fourth-order valence-electron chi connectivity index (χ4n) is 3.28. The molecule has 0 aromatic heterocycles. The Balaban J connectivity index is 1.75. The number of hydrogen-bond donors (Lipinski definition) is 1. The third-order valence-electron chi connectivity index (χ3n) is 5.03. The van der Waals surface area contributed by atoms with Gasteiger partial charge in [-0.05, 0) is 44.9 Å². The molecule has 2 rings (SSSR count). The maximum Gasteiger partial charge on any atom is 0.0594 e. The summed E-state index contributed by atoms with van der Waals surface area (Å²) in [5.41, 5.74) is 0.814. The van der Waals surface area contributed by atoms with E-state index in [0.717, 1.165) is 38.9 Å². The van der Waals surface area contributed by atoms with Gasteiger partial charge in [0.15, 0.2) is 0 Å². The van der Waals surface area contributed by atoms with Crippen molar-refractivity contribution in [1.82, 2.24) is 10.2 Å². The lowest BCUT2D eigenvalue weighted by molar-refractivity contribution is -0.0110. The first-order valence-corrected chi connectivity index (χ1v) is 7.95. The van der Waals surface area contributed by atoms with Crippen molar-refractivity contribution in [2.75, 3.05) is 32.8 Å². The number of nitrogens with one attached hydrogen (secondary N) is 1. The van der Waals surface area contributed by atoms with Crippen molar-refractivity contribution in [3.05, 3.63) is 0 Å². The van der Waals surface area contributed by atoms with Crippen molar-refractivity contribution >= 4 is 0 Å². The molecule has 0 amide bonds. The maximum atomic E-state index is 5.45. The van der Waals surface area contributed by atoms with E-state index in [9.17, 15) is 0 Å². The molecule has 0 aromatic carbocycles. The first-order valence-electron chi connectivity index (χ1n) is 7.95. The summed E-state index contributed by atoms with van der Waals surface area (Å²) >= 11 is 0. The molecule has 2 fully saturated rings. The number of ether oxygens (including phenoxy) is 1. The lowest BCUT2D eigenvalue weighted by Gasteiger charge is -2.42. The molecule has 1 saturated heterocycles. The molecule has 1 saturated carbocycles. The maximum absolute atomic E-state index is 5.45. The van der Waals surface area contributed by atoms with Crippen LogP contribution in [0.5, 0.6) is 0 Å². The summed E-state index contributed by atoms with van der Waals surface area (Å²) in [5.74, 6) is 0. The van der Waals surface area contributed by atoms with Gasteiger partial charge >= 0.3 is 0 Å². The van der Waals surface area contributed by atoms with Crippen molar-refractivity contribution in [2.24, 2.45) is 5.41 Å². The lowest BCUT2D eigenvalue weighted by atomic mass is 9.75. The van der Waals surface area contributed by atoms with Crippen molar-refractivity contribution in [1.29, 1.82) is 0 Å². The number of rotatable bonds is 4. The van der Waals surface area contributed by atoms with Gasteiger partial charge in [0.2, 0.25) is 0 Å². The predicted molar refractivity (Wildman–Crippen MR) is 80.5 cm³/mol. The minimum atomic E-state index is 0.247. The molecule has 1 heterocycles. The van der Waals surface area contributed by atoms with Gasteiger partial charge in [0.25, 0.3) is 0 Å². The second kappa shape index (κ2) is 6.11. The van der Waals surface area contributed by atoms with E-state index in [2.05, 4.69) is 37.9 Å². The molecule has 2 aliphatic rings. The molecule has 0 aromatic rings. The molecule has 0 radical (unpaired) electrons. The Morgan fingerprint density at radius 2 is 1.74 bits per heavy atom. The summed E-state index contributed by atoms with van der Waals surface area (Å²) in [6.07, 6.45) is 5.41. The van der Waals surface area contributed by atoms with Crippen LogP contribution in [0.15, 0.2) is 0 Å². The molecule has 0 bridgehead atoms. The minimum absolute atomic E-state index is 0.247. The lowest BCUT2D eigenvalue weighted by Crippen LogP contribution is -2.56. The quantitative estimate of drug-likeness (QED) is 0.848. The molecular formula is C16H32N2O. The van der Waals surface area contributed by atoms with Gasteiger partial charge in [0.1, 0.15) is 0 Å². The highest BCUT2D eigenvalue weighted by atomic mass is 16.5. The predicted octanol–water partition coefficient (Wildman–Crippen LogP) is 2.66. The van der Waals surface area contributed by atoms with Crippen LogP contribution in [-0.4, -0.2) is 49.3 Å². The summed E-state index contributed by atoms with van der Waals surface area (Å²) in [5, 5.41) is 3.81. The van der Waals surface area contributed by atoms with Crippen LogP contribution < -0.4 is 5.32 Å². The van der Waals surface area contributed by atoms with Crippen molar-refractivity contribution in [3.63, 3.8) is 0 Å². The summed E-state index contributed by atoms with van der Waals surface area (Å²) < 4.78 is 5.45. The zero-order valence-electron chi connectivity index (χ0n) is 13.3. The van der Waals surface area contributed by atoms with E-state index < -0.39 is 0 Å². The smallest absolute Gasteiger partial charge is 0.0594 e. The standard InChI is InChI=1S/C16H32N2O/c1-15(2)7-5-14(6-8-15)17-13-16(3,4)18-9-11-19-12-10-18/h14,17H,5-13H2,1-4H3. The molecule has 0 atom stereocenters. The van der Waals surface area contributed by atoms with Gasteiger partial charge in [-0.25, -0.2) is 0 Å². The van der Waals surface area contributed by atoms with Crippen LogP contribution in [0.1, 0.15) is 53.4 Å². The topological polar surface area (TPSA) is 24.5 Å². The van der Waals surface area contributed by atoms with Crippen LogP contribution in [0.2, 0.25) is 0 Å². The van der Waals surface area contributed by atoms with E-state index in [1.807, 2.05) is 0 Å². The van der Waals surface area contributed by atoms with Gasteiger partial charge < -0.3 is 10.1 Å². The molecule has 112 valence electrons. The summed E-state index contributed by atoms with van der Waals surface area (Å²) in [4.78, 5) is 2.57. The zero-order valence-corrected chi connectivity index (χ0v) is 13.3. The molecule has 19 heavy (non-hydrogen) atoms. The molecule has 1 aliphatic carbocycles. The fraction of sp³-hybridized carbons (Fsp3) is 1.00. The monoisotopic (exact) mass is 268 g/mol. The third-order valence-corrected chi connectivity index (χ3v) is 5.03. The van der Waals surface area contributed by atoms with E-state index in [1.54, 1.807) is 0 Å². The van der Waals surface area contributed by atoms with Crippen molar-refractivity contribution < 1.29 is 4.74 Å². The van der Waals surface area contributed by atoms with E-state index in [4.69, 9.17) is 4.74 Å². The molecule has 1 aliphatic heterocycles. The Bertz CT molecular complexity index is 272. The van der Waals surface area contributed by atoms with Crippen LogP contribution in [-0.2, 0) is 4.74 Å². The van der Waals surface area contributed by atoms with Crippen LogP contribution in [0.4, 0.5) is 0 Å². The Hall–Kier alpha value is -0.120. The summed E-state index contributed by atoms with van der Waals surface area (Å²) in [6, 6.07) is 0.730. The molecule has 0 unspecified atom stereocenters. The second-order valence-corrected chi connectivity index (χ2v) is 7.73. The van der Waals surface area contributed by atoms with Crippen LogP contribution >= 0.6 is 0 Å². The molecule has 1 N–H and O–H groups in total. The normalized spacial score (nSPS) is 26.5. The van der Waals surface area contributed by atoms with E-state index >= 15 is 0 Å². The Morgan fingerprint density at radius 1 is 1.16 bits per heavy atom. The van der Waals surface area contributed by atoms with Gasteiger partial charge in [0.05, 0.1) is 13.2 Å². The Morgan fingerprint density at radius 3 is 2.32 bits per heavy atom. The molecular weight excluding hydrogens is 236 g/mol. The van der Waals surface area contributed by atoms with E-state index in [1.165, 1.54) is 25.7 Å². The minimum Gasteiger partial charge on any atom is -0.379 e. The first kappa shape index (κ1) is 15.3. The summed E-state index contributed by atoms with van der Waals surface area (Å²) in [6.45, 7) is 14.6. The average molecular weight is 268 g/mol. The second-order valence-electron chi connectivity index (χ2n) is 7.73. The first-order chi connectivity index (χ1) is 8.89. The summed E-state index contributed by atoms with van der Waals surface area (Å²) in [7, 11) is 0. The van der Waals surface area contributed by atoms with Crippen LogP contribution in [0, 0.1) is 5.41 Å². The number of nitrogens with zero attached hydrogens (tertiary/aromatic N) is 1. The Kier molecular flexibility index (Phi) is 4.91. The van der Waals surface area contributed by atoms with Crippen LogP contribution in [0.25, 0.3) is 0 Å². The fourth-order valence-corrected chi connectivity index (χ4v) is 3.28. The van der Waals surface area contributed by atoms with Gasteiger partial charge in [-0.3, -0.25) is 4.90 Å². The average Bonchev–Trinajstić information content (AvgIpc) is 2.39. The number of hydrogen-bond acceptors (Lipinski definition) is 3. The SMILES string of the molecule is CC1(C)CCC(NCC(C)(C)N2CCOCC2)CC1. The highest BCUT2D eigenvalue weighted by molar-refractivity contribution is 4.88. The number of morpholine rings is 1. The van der Waals surface area contributed by atoms with Gasteiger partial charge in [0, 0.05) is 31.2 Å².